The molecule has 4 nitrogen and oxygen atoms in total. The summed E-state index contributed by atoms with van der Waals surface area (Å²) >= 11 is 0. The van der Waals surface area contributed by atoms with E-state index in [0.29, 0.717) is 10.8 Å². The van der Waals surface area contributed by atoms with Crippen LogP contribution in [0.25, 0.3) is 10.8 Å². The van der Waals surface area contributed by atoms with E-state index in [2.05, 4.69) is 12.1 Å². The molecule has 0 amide bonds. The summed E-state index contributed by atoms with van der Waals surface area (Å²) in [6.45, 7) is 4.10. The summed E-state index contributed by atoms with van der Waals surface area (Å²) in [5.74, 6) is 0.0133. The maximum Gasteiger partial charge on any atom is 0.273 e. The first kappa shape index (κ1) is 14.4. The molecule has 0 spiro atoms. The van der Waals surface area contributed by atoms with Gasteiger partial charge in [-0.25, -0.2) is 9.36 Å². The molecule has 1 aromatic heterocycles. The summed E-state index contributed by atoms with van der Waals surface area (Å²) in [7, 11) is -0.659. The zero-order valence-corrected chi connectivity index (χ0v) is 13.9. The molecule has 116 valence electrons. The molecular formula is C18H17N2O2P. The number of hydrogen-bond acceptors (Lipinski definition) is 2. The Kier molecular flexibility index (Phi) is 3.24. The number of benzene rings is 2. The van der Waals surface area contributed by atoms with Gasteiger partial charge < -0.3 is 0 Å². The molecule has 3 aromatic rings. The fourth-order valence-electron chi connectivity index (χ4n) is 3.58. The summed E-state index contributed by atoms with van der Waals surface area (Å²) in [6.07, 6.45) is 0. The van der Waals surface area contributed by atoms with Crippen molar-refractivity contribution in [2.24, 2.45) is 0 Å². The van der Waals surface area contributed by atoms with Gasteiger partial charge in [0.15, 0.2) is 0 Å². The lowest BCUT2D eigenvalue weighted by molar-refractivity contribution is 0.471. The molecule has 0 fully saturated rings. The van der Waals surface area contributed by atoms with Crippen LogP contribution in [0, 0.1) is 0 Å². The van der Waals surface area contributed by atoms with Crippen LogP contribution in [0.3, 0.4) is 0 Å². The molecule has 1 aliphatic heterocycles. The van der Waals surface area contributed by atoms with Gasteiger partial charge in [0, 0.05) is 0 Å². The van der Waals surface area contributed by atoms with E-state index >= 15 is 0 Å². The van der Waals surface area contributed by atoms with Gasteiger partial charge in [0.05, 0.1) is 22.3 Å². The third-order valence-electron chi connectivity index (χ3n) is 4.60. The highest BCUT2D eigenvalue weighted by molar-refractivity contribution is 7.65. The lowest BCUT2D eigenvalue weighted by Crippen LogP contribution is -2.36. The second-order valence-corrected chi connectivity index (χ2v) is 8.68. The monoisotopic (exact) mass is 324 g/mol. The smallest absolute Gasteiger partial charge is 0.267 e. The summed E-state index contributed by atoms with van der Waals surface area (Å²) in [5.41, 5.74) is -0.138. The van der Waals surface area contributed by atoms with Crippen LogP contribution in [0.2, 0.25) is 0 Å². The first-order valence-corrected chi connectivity index (χ1v) is 9.18. The Hall–Kier alpha value is -2.19. The molecule has 0 N–H and O–H groups in total. The maximum absolute atomic E-state index is 12.9. The van der Waals surface area contributed by atoms with Crippen molar-refractivity contribution in [3.8, 4) is 0 Å². The fraction of sp³-hybridized carbons (Fsp3) is 0.222. The number of aromatic nitrogens is 2. The Morgan fingerprint density at radius 2 is 1.17 bits per heavy atom. The number of nitrogens with zero attached hydrogens (tertiary/aromatic N) is 2. The van der Waals surface area contributed by atoms with E-state index in [1.54, 1.807) is 21.5 Å². The van der Waals surface area contributed by atoms with Gasteiger partial charge in [-0.15, -0.1) is 0 Å². The van der Waals surface area contributed by atoms with E-state index in [-0.39, 0.29) is 22.7 Å². The van der Waals surface area contributed by atoms with Crippen LogP contribution < -0.4 is 16.4 Å². The highest BCUT2D eigenvalue weighted by Gasteiger charge is 2.38. The predicted molar refractivity (Wildman–Crippen MR) is 94.9 cm³/mol. The molecule has 2 heterocycles. The quantitative estimate of drug-likeness (QED) is 0.646. The minimum atomic E-state index is -0.659. The molecule has 23 heavy (non-hydrogen) atoms. The Morgan fingerprint density at radius 1 is 0.739 bits per heavy atom. The fourth-order valence-corrected chi connectivity index (χ4v) is 6.48. The van der Waals surface area contributed by atoms with Crippen molar-refractivity contribution in [1.29, 1.82) is 0 Å². The molecule has 2 atom stereocenters. The van der Waals surface area contributed by atoms with E-state index in [9.17, 15) is 9.59 Å². The lowest BCUT2D eigenvalue weighted by atomic mass is 10.2. The zero-order chi connectivity index (χ0) is 16.1. The third-order valence-corrected chi connectivity index (χ3v) is 7.55. The molecule has 0 bridgehead atoms. The van der Waals surface area contributed by atoms with Gasteiger partial charge in [0.2, 0.25) is 0 Å². The Balaban J connectivity index is 2.04. The molecular weight excluding hydrogens is 307 g/mol. The van der Waals surface area contributed by atoms with Crippen molar-refractivity contribution in [2.75, 3.05) is 0 Å². The molecule has 0 unspecified atom stereocenters. The minimum Gasteiger partial charge on any atom is -0.267 e. The van der Waals surface area contributed by atoms with Crippen LogP contribution in [0.1, 0.15) is 25.4 Å². The van der Waals surface area contributed by atoms with E-state index in [4.69, 9.17) is 0 Å². The topological polar surface area (TPSA) is 44.0 Å². The third kappa shape index (κ3) is 1.95. The summed E-state index contributed by atoms with van der Waals surface area (Å²) in [6, 6.07) is 17.3. The summed E-state index contributed by atoms with van der Waals surface area (Å²) < 4.78 is 3.35. The van der Waals surface area contributed by atoms with Crippen LogP contribution in [0.5, 0.6) is 0 Å². The average molecular weight is 324 g/mol. The van der Waals surface area contributed by atoms with E-state index in [1.807, 2.05) is 44.2 Å². The molecule has 1 aliphatic rings. The Bertz CT molecular complexity index is 944. The second-order valence-electron chi connectivity index (χ2n) is 5.85. The van der Waals surface area contributed by atoms with Crippen LogP contribution in [-0.4, -0.2) is 9.36 Å². The molecule has 0 saturated carbocycles. The van der Waals surface area contributed by atoms with Crippen molar-refractivity contribution in [1.82, 2.24) is 9.36 Å². The molecule has 2 aromatic carbocycles. The number of fused-ring (bicyclic) bond motifs is 2. The van der Waals surface area contributed by atoms with Crippen LogP contribution >= 0.6 is 7.92 Å². The van der Waals surface area contributed by atoms with Gasteiger partial charge in [0.25, 0.3) is 11.1 Å². The normalized spacial score (nSPS) is 20.8. The largest absolute Gasteiger partial charge is 0.273 e. The molecule has 5 heteroatoms. The van der Waals surface area contributed by atoms with Gasteiger partial charge in [-0.3, -0.25) is 9.59 Å². The lowest BCUT2D eigenvalue weighted by Gasteiger charge is -2.19. The van der Waals surface area contributed by atoms with Crippen molar-refractivity contribution in [3.05, 3.63) is 75.3 Å². The van der Waals surface area contributed by atoms with Gasteiger partial charge in [0.1, 0.15) is 0 Å². The molecule has 0 saturated heterocycles. The van der Waals surface area contributed by atoms with E-state index < -0.39 is 7.92 Å². The Labute approximate surface area is 134 Å². The first-order chi connectivity index (χ1) is 11.1. The zero-order valence-electron chi connectivity index (χ0n) is 13.0. The van der Waals surface area contributed by atoms with Crippen LogP contribution in [0.4, 0.5) is 0 Å². The SMILES string of the molecule is C[C@H]1n2c(=O)c3ccccc3c(=O)n2[C@H](C)P1c1ccccc1. The summed E-state index contributed by atoms with van der Waals surface area (Å²) in [5, 5.41) is 2.25. The number of rotatable bonds is 1. The van der Waals surface area contributed by atoms with Gasteiger partial charge in [-0.1, -0.05) is 42.5 Å². The molecule has 4 rings (SSSR count). The maximum atomic E-state index is 12.9. The minimum absolute atomic E-state index is 0.00667. The highest BCUT2D eigenvalue weighted by Crippen LogP contribution is 2.59. The van der Waals surface area contributed by atoms with Crippen molar-refractivity contribution in [3.63, 3.8) is 0 Å². The first-order valence-electron chi connectivity index (χ1n) is 7.70. The van der Waals surface area contributed by atoms with Crippen LogP contribution in [0.15, 0.2) is 64.2 Å². The molecule has 0 radical (unpaired) electrons. The van der Waals surface area contributed by atoms with Crippen LogP contribution in [-0.2, 0) is 0 Å². The van der Waals surface area contributed by atoms with Crippen molar-refractivity contribution >= 4 is 24.0 Å². The van der Waals surface area contributed by atoms with E-state index in [0.717, 1.165) is 0 Å². The summed E-state index contributed by atoms with van der Waals surface area (Å²) in [4.78, 5) is 25.8. The second kappa shape index (κ2) is 5.17. The van der Waals surface area contributed by atoms with Gasteiger partial charge >= 0.3 is 0 Å². The number of hydrogen-bond donors (Lipinski definition) is 0. The average Bonchev–Trinajstić information content (AvgIpc) is 2.85. The van der Waals surface area contributed by atoms with Gasteiger partial charge in [-0.2, -0.15) is 0 Å². The molecule has 0 aliphatic carbocycles. The predicted octanol–water partition coefficient (Wildman–Crippen LogP) is 3.02. The Morgan fingerprint density at radius 3 is 1.65 bits per heavy atom. The van der Waals surface area contributed by atoms with Gasteiger partial charge in [-0.05, 0) is 39.2 Å². The standard InChI is InChI=1S/C18H17N2O2P/c1-12-19-17(21)15-10-6-7-11-16(15)18(22)20(19)13(2)23(12)14-8-4-3-5-9-14/h3-13H,1-2H3/t12-,13-/m0/s1. The van der Waals surface area contributed by atoms with E-state index in [1.165, 1.54) is 5.30 Å². The van der Waals surface area contributed by atoms with Crippen molar-refractivity contribution in [2.45, 2.75) is 25.4 Å². The highest BCUT2D eigenvalue weighted by atomic mass is 31.1. The van der Waals surface area contributed by atoms with Crippen molar-refractivity contribution < 1.29 is 0 Å².